The molecule has 1 amide bonds. The molecule has 0 saturated heterocycles. The number of nitrogens with zero attached hydrogens (tertiary/aromatic N) is 2. The first-order valence-corrected chi connectivity index (χ1v) is 9.96. The van der Waals surface area contributed by atoms with Crippen LogP contribution in [0.3, 0.4) is 0 Å². The summed E-state index contributed by atoms with van der Waals surface area (Å²) >= 11 is 1.58. The van der Waals surface area contributed by atoms with Gasteiger partial charge in [-0.3, -0.25) is 4.79 Å². The van der Waals surface area contributed by atoms with Gasteiger partial charge in [-0.25, -0.2) is 18.7 Å². The molecule has 0 saturated carbocycles. The van der Waals surface area contributed by atoms with Crippen molar-refractivity contribution in [2.24, 2.45) is 0 Å². The van der Waals surface area contributed by atoms with Crippen LogP contribution in [0.25, 0.3) is 21.3 Å². The zero-order valence-corrected chi connectivity index (χ0v) is 17.0. The number of hydrogen-bond acceptors (Lipinski definition) is 4. The highest BCUT2D eigenvalue weighted by molar-refractivity contribution is 7.16. The molecule has 4 nitrogen and oxygen atoms in total. The topological polar surface area (TPSA) is 54.9 Å². The maximum atomic E-state index is 13.7. The van der Waals surface area contributed by atoms with Gasteiger partial charge in [0.15, 0.2) is 0 Å². The molecule has 29 heavy (non-hydrogen) atoms. The second kappa shape index (κ2) is 8.87. The molecule has 0 aliphatic rings. The van der Waals surface area contributed by atoms with Crippen molar-refractivity contribution in [2.75, 3.05) is 5.32 Å². The first-order valence-electron chi connectivity index (χ1n) is 9.08. The predicted octanol–water partition coefficient (Wildman–Crippen LogP) is 6.22. The molecule has 7 heteroatoms. The van der Waals surface area contributed by atoms with Crippen LogP contribution in [0.1, 0.15) is 29.8 Å². The van der Waals surface area contributed by atoms with Crippen LogP contribution >= 0.6 is 11.3 Å². The van der Waals surface area contributed by atoms with Crippen molar-refractivity contribution < 1.29 is 13.6 Å². The largest absolute Gasteiger partial charge is 0.306 e. The van der Waals surface area contributed by atoms with E-state index in [9.17, 15) is 13.6 Å². The maximum absolute atomic E-state index is 13.7. The van der Waals surface area contributed by atoms with Crippen molar-refractivity contribution in [1.29, 1.82) is 0 Å². The Morgan fingerprint density at radius 1 is 1.03 bits per heavy atom. The van der Waals surface area contributed by atoms with E-state index in [1.165, 1.54) is 6.07 Å². The molecular weight excluding hydrogens is 392 g/mol. The Labute approximate surface area is 171 Å². The Kier molecular flexibility index (Phi) is 6.29. The SMILES string of the molecule is CC.Cc1cc2scnc2cc1-c1ccc(NC(=O)c2c(F)cccc2F)nc1. The van der Waals surface area contributed by atoms with Crippen LogP contribution in [0, 0.1) is 18.6 Å². The molecule has 148 valence electrons. The van der Waals surface area contributed by atoms with Gasteiger partial charge in [-0.1, -0.05) is 19.9 Å². The summed E-state index contributed by atoms with van der Waals surface area (Å²) in [6.07, 6.45) is 1.61. The van der Waals surface area contributed by atoms with Crippen molar-refractivity contribution >= 4 is 33.3 Å². The lowest BCUT2D eigenvalue weighted by molar-refractivity contribution is 0.101. The van der Waals surface area contributed by atoms with Gasteiger partial charge in [0, 0.05) is 11.8 Å². The molecule has 2 aromatic carbocycles. The fourth-order valence-corrected chi connectivity index (χ4v) is 3.59. The second-order valence-electron chi connectivity index (χ2n) is 5.97. The summed E-state index contributed by atoms with van der Waals surface area (Å²) in [7, 11) is 0. The van der Waals surface area contributed by atoms with Gasteiger partial charge in [0.2, 0.25) is 0 Å². The number of nitrogens with one attached hydrogen (secondary N) is 1. The Balaban J connectivity index is 0.00000117. The minimum absolute atomic E-state index is 0.207. The lowest BCUT2D eigenvalue weighted by Crippen LogP contribution is -2.16. The zero-order valence-electron chi connectivity index (χ0n) is 16.2. The zero-order chi connectivity index (χ0) is 21.0. The molecule has 1 N–H and O–H groups in total. The highest BCUT2D eigenvalue weighted by atomic mass is 32.1. The number of carbonyl (C=O) groups is 1. The van der Waals surface area contributed by atoms with Gasteiger partial charge >= 0.3 is 0 Å². The van der Waals surface area contributed by atoms with E-state index in [-0.39, 0.29) is 5.82 Å². The maximum Gasteiger partial charge on any atom is 0.262 e. The smallest absolute Gasteiger partial charge is 0.262 e. The highest BCUT2D eigenvalue weighted by Gasteiger charge is 2.17. The van der Waals surface area contributed by atoms with Crippen molar-refractivity contribution in [1.82, 2.24) is 9.97 Å². The van der Waals surface area contributed by atoms with Crippen LogP contribution in [-0.2, 0) is 0 Å². The Hall–Kier alpha value is -3.19. The summed E-state index contributed by atoms with van der Waals surface area (Å²) in [5.74, 6) is -2.52. The number of hydrogen-bond donors (Lipinski definition) is 1. The third-order valence-corrected chi connectivity index (χ3v) is 4.98. The lowest BCUT2D eigenvalue weighted by atomic mass is 10.0. The van der Waals surface area contributed by atoms with Gasteiger partial charge < -0.3 is 5.32 Å². The number of thiazole rings is 1. The standard InChI is InChI=1S/C20H13F2N3OS.C2H6/c1-11-7-17-16(24-10-27-17)8-13(11)12-5-6-18(23-9-12)25-20(26)19-14(21)3-2-4-15(19)22;1-2/h2-10H,1H3,(H,23,25,26);1-2H3. The molecule has 0 unspecified atom stereocenters. The van der Waals surface area contributed by atoms with Crippen molar-refractivity contribution in [3.05, 3.63) is 76.9 Å². The molecule has 0 spiro atoms. The van der Waals surface area contributed by atoms with E-state index < -0.39 is 23.1 Å². The van der Waals surface area contributed by atoms with Gasteiger partial charge in [-0.15, -0.1) is 11.3 Å². The number of benzene rings is 2. The van der Waals surface area contributed by atoms with E-state index in [2.05, 4.69) is 21.4 Å². The summed E-state index contributed by atoms with van der Waals surface area (Å²) in [6.45, 7) is 6.01. The highest BCUT2D eigenvalue weighted by Crippen LogP contribution is 2.29. The van der Waals surface area contributed by atoms with E-state index in [0.29, 0.717) is 0 Å². The molecule has 0 radical (unpaired) electrons. The summed E-state index contributed by atoms with van der Waals surface area (Å²) in [4.78, 5) is 20.7. The van der Waals surface area contributed by atoms with E-state index in [0.717, 1.165) is 39.0 Å². The van der Waals surface area contributed by atoms with Gasteiger partial charge in [-0.2, -0.15) is 0 Å². The van der Waals surface area contributed by atoms with E-state index in [1.807, 2.05) is 26.8 Å². The van der Waals surface area contributed by atoms with Gasteiger partial charge in [0.1, 0.15) is 23.0 Å². The van der Waals surface area contributed by atoms with Crippen LogP contribution < -0.4 is 5.32 Å². The van der Waals surface area contributed by atoms with Crippen LogP contribution in [0.5, 0.6) is 0 Å². The summed E-state index contributed by atoms with van der Waals surface area (Å²) in [6, 6.07) is 10.7. The van der Waals surface area contributed by atoms with Crippen molar-refractivity contribution in [3.8, 4) is 11.1 Å². The van der Waals surface area contributed by atoms with Gasteiger partial charge in [0.05, 0.1) is 15.7 Å². The number of aromatic nitrogens is 2. The number of halogens is 2. The molecule has 4 rings (SSSR count). The van der Waals surface area contributed by atoms with E-state index in [4.69, 9.17) is 0 Å². The number of pyridine rings is 1. The summed E-state index contributed by atoms with van der Waals surface area (Å²) in [5, 5.41) is 2.42. The van der Waals surface area contributed by atoms with E-state index in [1.54, 1.807) is 35.2 Å². The predicted molar refractivity (Wildman–Crippen MR) is 113 cm³/mol. The first-order chi connectivity index (χ1) is 14.0. The van der Waals surface area contributed by atoms with Crippen LogP contribution in [0.2, 0.25) is 0 Å². The van der Waals surface area contributed by atoms with Crippen LogP contribution in [0.15, 0.2) is 54.2 Å². The Bertz CT molecular complexity index is 1140. The Morgan fingerprint density at radius 3 is 2.41 bits per heavy atom. The van der Waals surface area contributed by atoms with Gasteiger partial charge in [-0.05, 0) is 54.4 Å². The molecule has 4 aromatic rings. The minimum atomic E-state index is -0.920. The molecule has 0 fully saturated rings. The molecule has 2 aromatic heterocycles. The van der Waals surface area contributed by atoms with Gasteiger partial charge in [0.25, 0.3) is 5.91 Å². The number of carbonyl (C=O) groups excluding carboxylic acids is 1. The molecule has 0 atom stereocenters. The molecule has 2 heterocycles. The average molecular weight is 411 g/mol. The fourth-order valence-electron chi connectivity index (χ4n) is 2.84. The molecular formula is C22H19F2N3OS. The van der Waals surface area contributed by atoms with Crippen LogP contribution in [-0.4, -0.2) is 15.9 Å². The molecule has 0 bridgehead atoms. The number of anilines is 1. The van der Waals surface area contributed by atoms with Crippen LogP contribution in [0.4, 0.5) is 14.6 Å². The number of fused-ring (bicyclic) bond motifs is 1. The Morgan fingerprint density at radius 2 is 1.76 bits per heavy atom. The average Bonchev–Trinajstić information content (AvgIpc) is 3.16. The fraction of sp³-hybridized carbons (Fsp3) is 0.136. The third-order valence-electron chi connectivity index (χ3n) is 4.18. The summed E-state index contributed by atoms with van der Waals surface area (Å²) in [5.41, 5.74) is 5.00. The second-order valence-corrected chi connectivity index (χ2v) is 6.86. The quantitative estimate of drug-likeness (QED) is 0.435. The first kappa shape index (κ1) is 20.5. The molecule has 0 aliphatic heterocycles. The number of aryl methyl sites for hydroxylation is 1. The monoisotopic (exact) mass is 411 g/mol. The molecule has 0 aliphatic carbocycles. The normalized spacial score (nSPS) is 10.4. The third kappa shape index (κ3) is 4.30. The van der Waals surface area contributed by atoms with Crippen molar-refractivity contribution in [2.45, 2.75) is 20.8 Å². The number of amides is 1. The minimum Gasteiger partial charge on any atom is -0.306 e. The van der Waals surface area contributed by atoms with E-state index >= 15 is 0 Å². The lowest BCUT2D eigenvalue weighted by Gasteiger charge is -2.09. The van der Waals surface area contributed by atoms with Crippen molar-refractivity contribution in [3.63, 3.8) is 0 Å². The summed E-state index contributed by atoms with van der Waals surface area (Å²) < 4.78 is 28.5. The number of rotatable bonds is 3.